The number of nitrogens with one attached hydrogen (secondary N) is 1. The molecule has 5 saturated carbocycles. The number of hydrogen-bond acceptors (Lipinski definition) is 4. The molecule has 140 valence electrons. The maximum atomic E-state index is 13.0. The quantitative estimate of drug-likeness (QED) is 0.796. The second-order valence-corrected chi connectivity index (χ2v) is 10.8. The van der Waals surface area contributed by atoms with E-state index in [1.54, 1.807) is 24.3 Å². The zero-order chi connectivity index (χ0) is 17.9. The van der Waals surface area contributed by atoms with Crippen LogP contribution in [0, 0.1) is 23.2 Å². The SMILES string of the molecule is O=C(Nc1ccc(OS(=O)(=O)C2CC2)cc1)C12CC3CC(CC(C3)C1)C2. The van der Waals surface area contributed by atoms with E-state index in [4.69, 9.17) is 4.18 Å². The van der Waals surface area contributed by atoms with Crippen molar-refractivity contribution in [2.75, 3.05) is 5.32 Å². The predicted molar refractivity (Wildman–Crippen MR) is 98.2 cm³/mol. The van der Waals surface area contributed by atoms with Crippen molar-refractivity contribution in [3.63, 3.8) is 0 Å². The fourth-order valence-corrected chi connectivity index (χ4v) is 7.03. The number of anilines is 1. The number of benzene rings is 1. The summed E-state index contributed by atoms with van der Waals surface area (Å²) in [5.41, 5.74) is 0.529. The normalized spacial score (nSPS) is 35.3. The molecule has 0 aromatic heterocycles. The summed E-state index contributed by atoms with van der Waals surface area (Å²) < 4.78 is 28.9. The summed E-state index contributed by atoms with van der Waals surface area (Å²) in [5, 5.41) is 2.73. The zero-order valence-electron chi connectivity index (χ0n) is 14.8. The van der Waals surface area contributed by atoms with E-state index in [1.165, 1.54) is 19.3 Å². The smallest absolute Gasteiger partial charge is 0.312 e. The van der Waals surface area contributed by atoms with Crippen LogP contribution in [0.25, 0.3) is 0 Å². The van der Waals surface area contributed by atoms with Gasteiger partial charge in [0.1, 0.15) is 5.75 Å². The molecule has 1 aromatic carbocycles. The van der Waals surface area contributed by atoms with Crippen molar-refractivity contribution in [1.82, 2.24) is 0 Å². The molecule has 0 saturated heterocycles. The Morgan fingerprint density at radius 2 is 1.50 bits per heavy atom. The van der Waals surface area contributed by atoms with Crippen LogP contribution in [0.1, 0.15) is 51.4 Å². The van der Waals surface area contributed by atoms with Gasteiger partial charge in [0.2, 0.25) is 5.91 Å². The summed E-state index contributed by atoms with van der Waals surface area (Å²) in [6.07, 6.45) is 8.40. The number of amides is 1. The maximum absolute atomic E-state index is 13.0. The van der Waals surface area contributed by atoms with Crippen LogP contribution < -0.4 is 9.50 Å². The standard InChI is InChI=1S/C20H25NO4S/c22-19(20-10-13-7-14(11-20)9-15(8-13)12-20)21-16-1-3-17(4-2-16)25-26(23,24)18-5-6-18/h1-4,13-15,18H,5-12H2,(H,21,22). The minimum atomic E-state index is -3.49. The highest BCUT2D eigenvalue weighted by Gasteiger charge is 2.54. The van der Waals surface area contributed by atoms with Gasteiger partial charge in [-0.05, 0) is 93.4 Å². The molecule has 1 N–H and O–H groups in total. The Kier molecular flexibility index (Phi) is 3.65. The average molecular weight is 375 g/mol. The Labute approximate surface area is 154 Å². The largest absolute Gasteiger partial charge is 0.382 e. The van der Waals surface area contributed by atoms with Gasteiger partial charge >= 0.3 is 10.1 Å². The third kappa shape index (κ3) is 2.92. The monoisotopic (exact) mass is 375 g/mol. The van der Waals surface area contributed by atoms with Gasteiger partial charge in [-0.3, -0.25) is 4.79 Å². The van der Waals surface area contributed by atoms with E-state index in [0.29, 0.717) is 24.3 Å². The van der Waals surface area contributed by atoms with Crippen molar-refractivity contribution in [3.05, 3.63) is 24.3 Å². The molecule has 5 fully saturated rings. The van der Waals surface area contributed by atoms with Crippen LogP contribution in [-0.2, 0) is 14.9 Å². The van der Waals surface area contributed by atoms with Crippen LogP contribution >= 0.6 is 0 Å². The number of rotatable bonds is 5. The van der Waals surface area contributed by atoms with Gasteiger partial charge in [-0.2, -0.15) is 8.42 Å². The molecule has 1 aromatic rings. The van der Waals surface area contributed by atoms with E-state index >= 15 is 0 Å². The van der Waals surface area contributed by atoms with Crippen molar-refractivity contribution >= 4 is 21.7 Å². The van der Waals surface area contributed by atoms with Crippen LogP contribution in [0.2, 0.25) is 0 Å². The van der Waals surface area contributed by atoms with E-state index in [0.717, 1.165) is 37.0 Å². The summed E-state index contributed by atoms with van der Waals surface area (Å²) in [4.78, 5) is 13.0. The third-order valence-corrected chi connectivity index (χ3v) is 8.49. The molecular formula is C20H25NO4S. The van der Waals surface area contributed by atoms with Gasteiger partial charge in [0.05, 0.1) is 10.7 Å². The minimum absolute atomic E-state index is 0.149. The molecule has 5 nitrogen and oxygen atoms in total. The van der Waals surface area contributed by atoms with Gasteiger partial charge < -0.3 is 9.50 Å². The van der Waals surface area contributed by atoms with Crippen molar-refractivity contribution in [1.29, 1.82) is 0 Å². The minimum Gasteiger partial charge on any atom is -0.382 e. The first-order valence-corrected chi connectivity index (χ1v) is 11.2. The van der Waals surface area contributed by atoms with Crippen molar-refractivity contribution in [2.24, 2.45) is 23.2 Å². The molecule has 5 aliphatic rings. The van der Waals surface area contributed by atoms with Gasteiger partial charge in [0.25, 0.3) is 0 Å². The summed E-state index contributed by atoms with van der Waals surface area (Å²) in [7, 11) is -3.49. The van der Waals surface area contributed by atoms with E-state index in [2.05, 4.69) is 5.32 Å². The van der Waals surface area contributed by atoms with E-state index in [9.17, 15) is 13.2 Å². The van der Waals surface area contributed by atoms with E-state index < -0.39 is 10.1 Å². The average Bonchev–Trinajstić information content (AvgIpc) is 3.40. The molecule has 0 aliphatic heterocycles. The highest BCUT2D eigenvalue weighted by molar-refractivity contribution is 7.88. The van der Waals surface area contributed by atoms with E-state index in [1.807, 2.05) is 0 Å². The van der Waals surface area contributed by atoms with Crippen LogP contribution in [0.15, 0.2) is 24.3 Å². The first-order chi connectivity index (χ1) is 12.4. The molecule has 0 radical (unpaired) electrons. The molecule has 5 aliphatic carbocycles. The van der Waals surface area contributed by atoms with E-state index in [-0.39, 0.29) is 16.6 Å². The lowest BCUT2D eigenvalue weighted by molar-refractivity contribution is -0.140. The van der Waals surface area contributed by atoms with Gasteiger partial charge in [-0.25, -0.2) is 0 Å². The lowest BCUT2D eigenvalue weighted by Crippen LogP contribution is -2.51. The first kappa shape index (κ1) is 16.6. The summed E-state index contributed by atoms with van der Waals surface area (Å²) in [5.74, 6) is 2.65. The lowest BCUT2D eigenvalue weighted by atomic mass is 9.49. The molecule has 6 rings (SSSR count). The van der Waals surface area contributed by atoms with Gasteiger partial charge in [0.15, 0.2) is 0 Å². The summed E-state index contributed by atoms with van der Waals surface area (Å²) >= 11 is 0. The fourth-order valence-electron chi connectivity index (χ4n) is 5.81. The van der Waals surface area contributed by atoms with Crippen LogP contribution in [0.4, 0.5) is 5.69 Å². The molecule has 1 amide bonds. The highest BCUT2D eigenvalue weighted by Crippen LogP contribution is 2.60. The lowest BCUT2D eigenvalue weighted by Gasteiger charge is -2.55. The van der Waals surface area contributed by atoms with Crippen LogP contribution in [-0.4, -0.2) is 19.6 Å². The zero-order valence-corrected chi connectivity index (χ0v) is 15.6. The van der Waals surface area contributed by atoms with Crippen LogP contribution in [0.3, 0.4) is 0 Å². The molecule has 0 unspecified atom stereocenters. The highest BCUT2D eigenvalue weighted by atomic mass is 32.2. The molecular weight excluding hydrogens is 350 g/mol. The molecule has 0 atom stereocenters. The first-order valence-electron chi connectivity index (χ1n) is 9.77. The van der Waals surface area contributed by atoms with Crippen LogP contribution in [0.5, 0.6) is 5.75 Å². The Morgan fingerprint density at radius 3 is 2.00 bits per heavy atom. The third-order valence-electron chi connectivity index (χ3n) is 6.78. The molecule has 4 bridgehead atoms. The maximum Gasteiger partial charge on any atom is 0.312 e. The van der Waals surface area contributed by atoms with Crippen molar-refractivity contribution in [2.45, 2.75) is 56.6 Å². The summed E-state index contributed by atoms with van der Waals surface area (Å²) in [6.45, 7) is 0. The Hall–Kier alpha value is -1.56. The number of carbonyl (C=O) groups is 1. The molecule has 0 spiro atoms. The Balaban J connectivity index is 1.27. The Morgan fingerprint density at radius 1 is 0.962 bits per heavy atom. The fraction of sp³-hybridized carbons (Fsp3) is 0.650. The van der Waals surface area contributed by atoms with Crippen molar-refractivity contribution < 1.29 is 17.4 Å². The summed E-state index contributed by atoms with van der Waals surface area (Å²) in [6, 6.07) is 6.71. The van der Waals surface area contributed by atoms with Gasteiger partial charge in [0, 0.05) is 5.69 Å². The molecule has 0 heterocycles. The Bertz CT molecular complexity index is 791. The molecule has 26 heavy (non-hydrogen) atoms. The number of hydrogen-bond donors (Lipinski definition) is 1. The van der Waals surface area contributed by atoms with Gasteiger partial charge in [-0.15, -0.1) is 0 Å². The van der Waals surface area contributed by atoms with Gasteiger partial charge in [-0.1, -0.05) is 0 Å². The topological polar surface area (TPSA) is 72.5 Å². The second kappa shape index (κ2) is 5.72. The predicted octanol–water partition coefficient (Wildman–Crippen LogP) is 3.71. The number of carbonyl (C=O) groups excluding carboxylic acids is 1. The van der Waals surface area contributed by atoms with Crippen molar-refractivity contribution in [3.8, 4) is 5.75 Å². The second-order valence-electron chi connectivity index (χ2n) is 8.95. The molecule has 6 heteroatoms.